The molecular weight excluding hydrogens is 433 g/mol. The van der Waals surface area contributed by atoms with Gasteiger partial charge in [0.25, 0.3) is 0 Å². The fourth-order valence-corrected chi connectivity index (χ4v) is 4.79. The fourth-order valence-electron chi connectivity index (χ4n) is 4.79. The number of pyridine rings is 1. The van der Waals surface area contributed by atoms with Crippen LogP contribution >= 0.6 is 0 Å². The first kappa shape index (κ1) is 20.8. The largest absolute Gasteiger partial charge is 0.482 e. The number of nitrogens with zero attached hydrogens (tertiary/aromatic N) is 6. The predicted octanol–water partition coefficient (Wildman–Crippen LogP) is 4.22. The van der Waals surface area contributed by atoms with Crippen LogP contribution in [0, 0.1) is 18.7 Å². The summed E-state index contributed by atoms with van der Waals surface area (Å²) in [4.78, 5) is 6.00. The van der Waals surface area contributed by atoms with E-state index in [1.54, 1.807) is 24.1 Å². The SMILES string of the molecule is Cc1nn(CC2CC2)c2c1Cc1nn(C)nc1-c1ccc(F)cc1C(C)Oc1cc-2cnc1N. The first-order valence-electron chi connectivity index (χ1n) is 11.6. The summed E-state index contributed by atoms with van der Waals surface area (Å²) < 4.78 is 22.7. The Bertz CT molecular complexity index is 1420. The molecule has 4 aromatic rings. The molecule has 1 aromatic carbocycles. The number of nitrogen functional groups attached to an aromatic ring is 1. The summed E-state index contributed by atoms with van der Waals surface area (Å²) in [6.45, 7) is 4.76. The molecule has 0 saturated heterocycles. The molecule has 2 aliphatic rings. The van der Waals surface area contributed by atoms with Gasteiger partial charge in [-0.2, -0.15) is 20.1 Å². The lowest BCUT2D eigenvalue weighted by atomic mass is 9.95. The van der Waals surface area contributed by atoms with E-state index >= 15 is 0 Å². The Hall–Kier alpha value is -3.75. The molecule has 6 rings (SSSR count). The van der Waals surface area contributed by atoms with Gasteiger partial charge in [-0.05, 0) is 56.9 Å². The van der Waals surface area contributed by atoms with E-state index in [0.29, 0.717) is 29.3 Å². The number of nitrogens with two attached hydrogens (primary N) is 1. The summed E-state index contributed by atoms with van der Waals surface area (Å²) in [5.41, 5.74) is 13.1. The molecule has 4 heterocycles. The number of benzene rings is 1. The van der Waals surface area contributed by atoms with Crippen LogP contribution < -0.4 is 10.5 Å². The Labute approximate surface area is 196 Å². The molecule has 1 atom stereocenters. The van der Waals surface area contributed by atoms with Crippen molar-refractivity contribution in [1.82, 2.24) is 29.8 Å². The van der Waals surface area contributed by atoms with Gasteiger partial charge in [0.1, 0.15) is 17.6 Å². The summed E-state index contributed by atoms with van der Waals surface area (Å²) >= 11 is 0. The minimum Gasteiger partial charge on any atom is -0.482 e. The van der Waals surface area contributed by atoms with Crippen LogP contribution in [0.25, 0.3) is 22.5 Å². The van der Waals surface area contributed by atoms with Crippen molar-refractivity contribution in [3.8, 4) is 28.3 Å². The zero-order valence-electron chi connectivity index (χ0n) is 19.4. The molecule has 1 fully saturated rings. The molecule has 0 amide bonds. The van der Waals surface area contributed by atoms with Crippen molar-refractivity contribution in [1.29, 1.82) is 0 Å². The quantitative estimate of drug-likeness (QED) is 0.482. The highest BCUT2D eigenvalue weighted by Gasteiger charge is 2.29. The zero-order valence-corrected chi connectivity index (χ0v) is 19.4. The van der Waals surface area contributed by atoms with E-state index in [9.17, 15) is 4.39 Å². The first-order chi connectivity index (χ1) is 16.4. The van der Waals surface area contributed by atoms with Crippen molar-refractivity contribution in [2.45, 2.75) is 45.8 Å². The molecular formula is C25H26FN7O. The Morgan fingerprint density at radius 3 is 2.79 bits per heavy atom. The van der Waals surface area contributed by atoms with Crippen LogP contribution in [0.4, 0.5) is 10.2 Å². The summed E-state index contributed by atoms with van der Waals surface area (Å²) in [5.74, 6) is 1.06. The summed E-state index contributed by atoms with van der Waals surface area (Å²) in [7, 11) is 1.80. The van der Waals surface area contributed by atoms with E-state index < -0.39 is 6.10 Å². The summed E-state index contributed by atoms with van der Waals surface area (Å²) in [6, 6.07) is 6.59. The van der Waals surface area contributed by atoms with Gasteiger partial charge in [0.2, 0.25) is 0 Å². The maximum absolute atomic E-state index is 14.3. The normalized spacial score (nSPS) is 17.1. The minimum atomic E-state index is -0.489. The number of rotatable bonds is 2. The topological polar surface area (TPSA) is 96.7 Å². The molecule has 0 radical (unpaired) electrons. The molecule has 0 spiro atoms. The third-order valence-corrected chi connectivity index (χ3v) is 6.67. The predicted molar refractivity (Wildman–Crippen MR) is 126 cm³/mol. The molecule has 34 heavy (non-hydrogen) atoms. The van der Waals surface area contributed by atoms with E-state index in [1.165, 1.54) is 25.0 Å². The van der Waals surface area contributed by atoms with Crippen LogP contribution in [-0.2, 0) is 20.0 Å². The van der Waals surface area contributed by atoms with Gasteiger partial charge in [-0.1, -0.05) is 0 Å². The number of hydrogen-bond acceptors (Lipinski definition) is 6. The van der Waals surface area contributed by atoms with Crippen LogP contribution in [0.1, 0.15) is 48.4 Å². The maximum atomic E-state index is 14.3. The first-order valence-corrected chi connectivity index (χ1v) is 11.6. The maximum Gasteiger partial charge on any atom is 0.166 e. The second-order valence-electron chi connectivity index (χ2n) is 9.30. The van der Waals surface area contributed by atoms with Gasteiger partial charge in [-0.15, -0.1) is 0 Å². The van der Waals surface area contributed by atoms with Crippen molar-refractivity contribution in [2.75, 3.05) is 5.73 Å². The molecule has 1 aliphatic heterocycles. The highest BCUT2D eigenvalue weighted by atomic mass is 19.1. The monoisotopic (exact) mass is 459 g/mol. The smallest absolute Gasteiger partial charge is 0.166 e. The van der Waals surface area contributed by atoms with Crippen molar-refractivity contribution in [3.63, 3.8) is 0 Å². The molecule has 2 N–H and O–H groups in total. The van der Waals surface area contributed by atoms with Crippen LogP contribution in [0.15, 0.2) is 30.5 Å². The number of aromatic nitrogens is 6. The lowest BCUT2D eigenvalue weighted by molar-refractivity contribution is 0.227. The number of aryl methyl sites for hydroxylation is 2. The van der Waals surface area contributed by atoms with Gasteiger partial charge in [-0.3, -0.25) is 4.68 Å². The highest BCUT2D eigenvalue weighted by Crippen LogP contribution is 2.40. The van der Waals surface area contributed by atoms with E-state index in [-0.39, 0.29) is 11.6 Å². The average Bonchev–Trinajstić information content (AvgIpc) is 3.46. The number of anilines is 1. The molecule has 1 saturated carbocycles. The van der Waals surface area contributed by atoms with Gasteiger partial charge in [-0.25, -0.2) is 9.37 Å². The molecule has 1 aliphatic carbocycles. The number of ether oxygens (including phenoxy) is 1. The van der Waals surface area contributed by atoms with Crippen molar-refractivity contribution in [3.05, 3.63) is 58.8 Å². The van der Waals surface area contributed by atoms with Crippen LogP contribution in [0.3, 0.4) is 0 Å². The number of hydrogen-bond donors (Lipinski definition) is 1. The van der Waals surface area contributed by atoms with Crippen molar-refractivity contribution < 1.29 is 9.13 Å². The van der Waals surface area contributed by atoms with Gasteiger partial charge < -0.3 is 10.5 Å². The molecule has 8 nitrogen and oxygen atoms in total. The molecule has 1 unspecified atom stereocenters. The number of fused-ring (bicyclic) bond motifs is 7. The Morgan fingerprint density at radius 2 is 2.00 bits per heavy atom. The van der Waals surface area contributed by atoms with Gasteiger partial charge in [0.05, 0.1) is 17.1 Å². The standard InChI is InChI=1S/C25H26FN7O/c1-13-19-10-21-23(31-32(3)30-21)18-7-6-17(26)9-20(18)14(2)34-22-8-16(11-28-25(22)27)24(19)33(29-13)12-15-4-5-15/h6-9,11,14-15H,4-5,10,12H2,1-3H3,(H2,27,28). The third kappa shape index (κ3) is 3.52. The fraction of sp³-hybridized carbons (Fsp3) is 0.360. The minimum absolute atomic E-state index is 0.289. The molecule has 2 bridgehead atoms. The van der Waals surface area contributed by atoms with Crippen LogP contribution in [0.2, 0.25) is 0 Å². The molecule has 3 aromatic heterocycles. The Kier molecular flexibility index (Phi) is 4.68. The lowest BCUT2D eigenvalue weighted by Gasteiger charge is -2.20. The Morgan fingerprint density at radius 1 is 1.18 bits per heavy atom. The number of halogens is 1. The zero-order chi connectivity index (χ0) is 23.6. The average molecular weight is 460 g/mol. The van der Waals surface area contributed by atoms with Crippen molar-refractivity contribution >= 4 is 5.82 Å². The van der Waals surface area contributed by atoms with Gasteiger partial charge in [0, 0.05) is 48.5 Å². The van der Waals surface area contributed by atoms with E-state index in [1.807, 2.05) is 19.9 Å². The summed E-state index contributed by atoms with van der Waals surface area (Å²) in [5, 5.41) is 14.3. The summed E-state index contributed by atoms with van der Waals surface area (Å²) in [6.07, 6.45) is 4.27. The second-order valence-corrected chi connectivity index (χ2v) is 9.30. The van der Waals surface area contributed by atoms with E-state index in [0.717, 1.165) is 40.3 Å². The molecule has 174 valence electrons. The second kappa shape index (κ2) is 7.65. The molecule has 9 heteroatoms. The Balaban J connectivity index is 1.62. The van der Waals surface area contributed by atoms with E-state index in [4.69, 9.17) is 20.7 Å². The lowest BCUT2D eigenvalue weighted by Crippen LogP contribution is -2.10. The van der Waals surface area contributed by atoms with Crippen LogP contribution in [-0.4, -0.2) is 29.8 Å². The van der Waals surface area contributed by atoms with Crippen LogP contribution in [0.5, 0.6) is 5.75 Å². The van der Waals surface area contributed by atoms with Gasteiger partial charge >= 0.3 is 0 Å². The van der Waals surface area contributed by atoms with Crippen molar-refractivity contribution in [2.24, 2.45) is 13.0 Å². The van der Waals surface area contributed by atoms with E-state index in [2.05, 4.69) is 14.8 Å². The third-order valence-electron chi connectivity index (χ3n) is 6.67. The highest BCUT2D eigenvalue weighted by molar-refractivity contribution is 5.71. The van der Waals surface area contributed by atoms with Gasteiger partial charge in [0.15, 0.2) is 11.6 Å².